The van der Waals surface area contributed by atoms with E-state index in [9.17, 15) is 0 Å². The van der Waals surface area contributed by atoms with Crippen molar-refractivity contribution in [3.05, 3.63) is 71.6 Å². The monoisotopic (exact) mass is 301 g/mol. The summed E-state index contributed by atoms with van der Waals surface area (Å²) >= 11 is 0. The van der Waals surface area contributed by atoms with Gasteiger partial charge in [0.05, 0.1) is 0 Å². The Hall–Kier alpha value is -1.29. The van der Waals surface area contributed by atoms with Crippen molar-refractivity contribution < 1.29 is 18.9 Å². The van der Waals surface area contributed by atoms with Gasteiger partial charge in [-0.3, -0.25) is 0 Å². The van der Waals surface area contributed by atoms with Crippen molar-refractivity contribution in [2.24, 2.45) is 5.92 Å². The van der Waals surface area contributed by atoms with Gasteiger partial charge >= 0.3 is 18.9 Å². The van der Waals surface area contributed by atoms with E-state index in [2.05, 4.69) is 87.4 Å². The van der Waals surface area contributed by atoms with Gasteiger partial charge in [0.1, 0.15) is 0 Å². The third-order valence-electron chi connectivity index (χ3n) is 4.50. The van der Waals surface area contributed by atoms with Crippen molar-refractivity contribution in [1.82, 2.24) is 0 Å². The molecule has 1 nitrogen and oxygen atoms in total. The molecule has 0 saturated heterocycles. The molecule has 0 aliphatic heterocycles. The third-order valence-corrected chi connectivity index (χ3v) is 4.50. The van der Waals surface area contributed by atoms with E-state index in [-0.39, 0.29) is 18.9 Å². The predicted octanol–water partition coefficient (Wildman–Crippen LogP) is 2.55. The molecule has 0 aromatic heterocycles. The molecule has 2 aromatic rings. The maximum Gasteiger partial charge on any atom is 1.00 e. The van der Waals surface area contributed by atoms with Crippen LogP contribution in [0, 0.1) is 11.8 Å². The van der Waals surface area contributed by atoms with Crippen LogP contribution in [0.4, 0.5) is 5.69 Å². The molecule has 0 aliphatic carbocycles. The van der Waals surface area contributed by atoms with Crippen molar-refractivity contribution in [1.29, 1.82) is 0 Å². The van der Waals surface area contributed by atoms with Crippen LogP contribution in [0.5, 0.6) is 0 Å². The molecule has 2 heteroatoms. The third kappa shape index (κ3) is 5.38. The minimum Gasteiger partial charge on any atom is -0.379 e. The first-order chi connectivity index (χ1) is 10.7. The number of nitrogens with zero attached hydrogens (tertiary/aromatic N) is 1. The number of anilines is 1. The van der Waals surface area contributed by atoms with Crippen LogP contribution in [0.2, 0.25) is 0 Å². The van der Waals surface area contributed by atoms with Gasteiger partial charge in [-0.15, -0.1) is 41.3 Å². The molecule has 23 heavy (non-hydrogen) atoms. The fourth-order valence-electron chi connectivity index (χ4n) is 2.87. The summed E-state index contributed by atoms with van der Waals surface area (Å²) in [5.41, 5.74) is 3.95. The average Bonchev–Trinajstić information content (AvgIpc) is 2.57. The van der Waals surface area contributed by atoms with E-state index in [4.69, 9.17) is 0 Å². The van der Waals surface area contributed by atoms with Crippen LogP contribution >= 0.6 is 0 Å². The summed E-state index contributed by atoms with van der Waals surface area (Å²) < 4.78 is 0. The van der Waals surface area contributed by atoms with E-state index in [1.54, 1.807) is 0 Å². The average molecular weight is 301 g/mol. The Labute approximate surface area is 154 Å². The van der Waals surface area contributed by atoms with Crippen LogP contribution in [0.1, 0.15) is 44.2 Å². The predicted molar refractivity (Wildman–Crippen MR) is 97.3 cm³/mol. The van der Waals surface area contributed by atoms with Gasteiger partial charge < -0.3 is 4.90 Å². The van der Waals surface area contributed by atoms with Crippen LogP contribution in [0.3, 0.4) is 0 Å². The van der Waals surface area contributed by atoms with Crippen LogP contribution in [0.25, 0.3) is 0 Å². The largest absolute Gasteiger partial charge is 1.00 e. The summed E-state index contributed by atoms with van der Waals surface area (Å²) in [4.78, 5) is 2.15. The van der Waals surface area contributed by atoms with E-state index in [0.717, 1.165) is 12.3 Å². The van der Waals surface area contributed by atoms with E-state index in [1.807, 2.05) is 0 Å². The first kappa shape index (κ1) is 19.8. The quantitative estimate of drug-likeness (QED) is 0.561. The van der Waals surface area contributed by atoms with Crippen molar-refractivity contribution in [2.75, 3.05) is 19.0 Å². The Morgan fingerprint density at radius 2 is 1.35 bits per heavy atom. The van der Waals surface area contributed by atoms with Crippen molar-refractivity contribution in [2.45, 2.75) is 33.1 Å². The molecule has 0 fully saturated rings. The maximum absolute atomic E-state index is 2.30. The smallest absolute Gasteiger partial charge is 0.379 e. The first-order valence-corrected chi connectivity index (χ1v) is 8.34. The Bertz CT molecular complexity index is 544. The summed E-state index contributed by atoms with van der Waals surface area (Å²) in [6, 6.07) is 19.8. The van der Waals surface area contributed by atoms with Crippen LogP contribution < -0.4 is 23.8 Å². The summed E-state index contributed by atoms with van der Waals surface area (Å²) in [6.45, 7) is 4.60. The van der Waals surface area contributed by atoms with Gasteiger partial charge in [-0.05, 0) is 5.92 Å². The van der Waals surface area contributed by atoms with Crippen LogP contribution in [-0.4, -0.2) is 14.1 Å². The van der Waals surface area contributed by atoms with Crippen molar-refractivity contribution in [3.8, 4) is 0 Å². The molecule has 0 radical (unpaired) electrons. The van der Waals surface area contributed by atoms with Gasteiger partial charge in [0.2, 0.25) is 0 Å². The molecule has 2 aromatic carbocycles. The van der Waals surface area contributed by atoms with Gasteiger partial charge in [0.25, 0.3) is 0 Å². The molecule has 0 heterocycles. The SMILES string of the molecule is CCC(CC)C[C-](c1ccccc1)c1ccc(N(C)C)cc1.[Li+]. The van der Waals surface area contributed by atoms with Crippen molar-refractivity contribution in [3.63, 3.8) is 0 Å². The number of rotatable bonds is 7. The Balaban J connectivity index is 0.00000264. The fourth-order valence-corrected chi connectivity index (χ4v) is 2.87. The first-order valence-electron chi connectivity index (χ1n) is 8.34. The molecule has 118 valence electrons. The molecule has 0 amide bonds. The topological polar surface area (TPSA) is 3.24 Å². The van der Waals surface area contributed by atoms with Gasteiger partial charge in [-0.25, -0.2) is 0 Å². The summed E-state index contributed by atoms with van der Waals surface area (Å²) in [5, 5.41) is 0. The molecule has 0 atom stereocenters. The number of hydrogen-bond acceptors (Lipinski definition) is 1. The molecule has 0 spiro atoms. The van der Waals surface area contributed by atoms with E-state index in [0.29, 0.717) is 0 Å². The van der Waals surface area contributed by atoms with Gasteiger partial charge in [-0.2, -0.15) is 0 Å². The van der Waals surface area contributed by atoms with Crippen LogP contribution in [0.15, 0.2) is 54.6 Å². The second kappa shape index (κ2) is 9.76. The normalized spacial score (nSPS) is 10.3. The molecule has 0 N–H and O–H groups in total. The molecular formula is C21H28LiN. The van der Waals surface area contributed by atoms with Gasteiger partial charge in [-0.1, -0.05) is 63.4 Å². The molecule has 0 unspecified atom stereocenters. The molecule has 2 rings (SSSR count). The zero-order valence-corrected chi connectivity index (χ0v) is 15.3. The molecule has 0 saturated carbocycles. The molecular weight excluding hydrogens is 273 g/mol. The minimum atomic E-state index is 0. The second-order valence-corrected chi connectivity index (χ2v) is 6.17. The van der Waals surface area contributed by atoms with Gasteiger partial charge in [0.15, 0.2) is 0 Å². The summed E-state index contributed by atoms with van der Waals surface area (Å²) in [6.07, 6.45) is 3.63. The minimum absolute atomic E-state index is 0. The number of benzene rings is 2. The Morgan fingerprint density at radius 1 is 0.826 bits per heavy atom. The summed E-state index contributed by atoms with van der Waals surface area (Å²) in [5.74, 6) is 2.23. The fraction of sp³-hybridized carbons (Fsp3) is 0.381. The molecule has 0 bridgehead atoms. The summed E-state index contributed by atoms with van der Waals surface area (Å²) in [7, 11) is 4.17. The van der Waals surface area contributed by atoms with Crippen molar-refractivity contribution >= 4 is 5.69 Å². The zero-order chi connectivity index (χ0) is 15.9. The standard InChI is InChI=1S/C21H28N.Li/c1-5-17(6-2)16-21(18-10-8-7-9-11-18)19-12-14-20(15-13-19)22(3)4;/h7-15,17H,5-6,16H2,1-4H3;/q-1;+1. The maximum atomic E-state index is 2.30. The molecule has 0 aliphatic rings. The van der Waals surface area contributed by atoms with Gasteiger partial charge in [0, 0.05) is 19.8 Å². The van der Waals surface area contributed by atoms with E-state index < -0.39 is 0 Å². The second-order valence-electron chi connectivity index (χ2n) is 6.17. The Morgan fingerprint density at radius 3 is 1.83 bits per heavy atom. The van der Waals surface area contributed by atoms with Crippen LogP contribution in [-0.2, 0) is 0 Å². The zero-order valence-electron chi connectivity index (χ0n) is 15.3. The number of hydrogen-bond donors (Lipinski definition) is 0. The van der Waals surface area contributed by atoms with E-state index in [1.165, 1.54) is 35.6 Å². The van der Waals surface area contributed by atoms with E-state index >= 15 is 0 Å². The Kier molecular flexibility index (Phi) is 8.38.